The number of halogens is 2. The third-order valence-corrected chi connectivity index (χ3v) is 4.03. The molecule has 6 heteroatoms. The van der Waals surface area contributed by atoms with Crippen LogP contribution in [0.1, 0.15) is 12.8 Å². The van der Waals surface area contributed by atoms with Crippen molar-refractivity contribution in [3.8, 4) is 5.75 Å². The van der Waals surface area contributed by atoms with Gasteiger partial charge < -0.3 is 9.84 Å². The molecule has 2 rings (SSSR count). The van der Waals surface area contributed by atoms with Crippen molar-refractivity contribution in [1.29, 1.82) is 0 Å². The van der Waals surface area contributed by atoms with Gasteiger partial charge in [0.1, 0.15) is 18.4 Å². The van der Waals surface area contributed by atoms with Gasteiger partial charge in [0.05, 0.1) is 4.47 Å². The monoisotopic (exact) mass is 347 g/mol. The topological polar surface area (TPSA) is 49.8 Å². The van der Waals surface area contributed by atoms with Crippen LogP contribution in [0.5, 0.6) is 5.75 Å². The van der Waals surface area contributed by atoms with E-state index in [2.05, 4.69) is 15.9 Å². The van der Waals surface area contributed by atoms with Crippen LogP contribution in [0.25, 0.3) is 0 Å². The molecule has 19 heavy (non-hydrogen) atoms. The Bertz CT molecular complexity index is 469. The van der Waals surface area contributed by atoms with Gasteiger partial charge in [0.2, 0.25) is 0 Å². The van der Waals surface area contributed by atoms with E-state index in [0.29, 0.717) is 18.2 Å². The SMILES string of the molecule is O=C(O)[C@H]1CCCN1CCOc1ccc(Cl)cc1Br. The maximum Gasteiger partial charge on any atom is 0.320 e. The van der Waals surface area contributed by atoms with E-state index in [1.165, 1.54) is 0 Å². The molecule has 4 nitrogen and oxygen atoms in total. The molecule has 0 saturated carbocycles. The lowest BCUT2D eigenvalue weighted by atomic mass is 10.2. The summed E-state index contributed by atoms with van der Waals surface area (Å²) in [4.78, 5) is 13.0. The first kappa shape index (κ1) is 14.6. The van der Waals surface area contributed by atoms with Crippen LogP contribution >= 0.6 is 27.5 Å². The summed E-state index contributed by atoms with van der Waals surface area (Å²) in [6.45, 7) is 1.90. The minimum atomic E-state index is -0.745. The molecular formula is C13H15BrClNO3. The highest BCUT2D eigenvalue weighted by atomic mass is 79.9. The van der Waals surface area contributed by atoms with E-state index < -0.39 is 5.97 Å². The lowest BCUT2D eigenvalue weighted by molar-refractivity contribution is -0.142. The van der Waals surface area contributed by atoms with E-state index in [1.54, 1.807) is 18.2 Å². The largest absolute Gasteiger partial charge is 0.491 e. The van der Waals surface area contributed by atoms with Gasteiger partial charge in [-0.25, -0.2) is 0 Å². The summed E-state index contributed by atoms with van der Waals surface area (Å²) in [6, 6.07) is 4.97. The molecule has 1 saturated heterocycles. The second kappa shape index (κ2) is 6.59. The molecule has 0 unspecified atom stereocenters. The molecule has 0 amide bonds. The molecule has 0 radical (unpaired) electrons. The van der Waals surface area contributed by atoms with Crippen LogP contribution < -0.4 is 4.74 Å². The molecule has 0 aliphatic carbocycles. The summed E-state index contributed by atoms with van der Waals surface area (Å²) in [5.74, 6) is -0.0272. The molecule has 0 aromatic heterocycles. The molecule has 1 aromatic rings. The molecule has 0 spiro atoms. The smallest absolute Gasteiger partial charge is 0.320 e. The number of carboxylic acid groups (broad SMARTS) is 1. The number of likely N-dealkylation sites (tertiary alicyclic amines) is 1. The Balaban J connectivity index is 1.84. The van der Waals surface area contributed by atoms with E-state index in [4.69, 9.17) is 21.4 Å². The highest BCUT2D eigenvalue weighted by molar-refractivity contribution is 9.10. The standard InChI is InChI=1S/C13H15BrClNO3/c14-10-8-9(15)3-4-12(10)19-7-6-16-5-1-2-11(16)13(17)18/h3-4,8,11H,1-2,5-7H2,(H,17,18)/t11-/m1/s1. The number of carbonyl (C=O) groups is 1. The fourth-order valence-corrected chi connectivity index (χ4v) is 3.04. The number of rotatable bonds is 5. The maximum atomic E-state index is 11.0. The van der Waals surface area contributed by atoms with Crippen molar-refractivity contribution >= 4 is 33.5 Å². The highest BCUT2D eigenvalue weighted by Crippen LogP contribution is 2.28. The van der Waals surface area contributed by atoms with Crippen LogP contribution in [0.3, 0.4) is 0 Å². The van der Waals surface area contributed by atoms with E-state index in [9.17, 15) is 4.79 Å². The number of carboxylic acids is 1. The first-order chi connectivity index (χ1) is 9.08. The Labute approximate surface area is 125 Å². The summed E-state index contributed by atoms with van der Waals surface area (Å²) in [5.41, 5.74) is 0. The van der Waals surface area contributed by atoms with Gasteiger partial charge in [0.25, 0.3) is 0 Å². The van der Waals surface area contributed by atoms with Crippen molar-refractivity contribution in [2.45, 2.75) is 18.9 Å². The number of aliphatic carboxylic acids is 1. The molecule has 1 heterocycles. The predicted molar refractivity (Wildman–Crippen MR) is 76.9 cm³/mol. The Morgan fingerprint density at radius 1 is 1.58 bits per heavy atom. The molecule has 1 aromatic carbocycles. The zero-order valence-corrected chi connectivity index (χ0v) is 12.7. The van der Waals surface area contributed by atoms with Crippen molar-refractivity contribution in [3.05, 3.63) is 27.7 Å². The Morgan fingerprint density at radius 2 is 2.37 bits per heavy atom. The van der Waals surface area contributed by atoms with Crippen molar-refractivity contribution in [1.82, 2.24) is 4.90 Å². The van der Waals surface area contributed by atoms with E-state index in [1.807, 2.05) is 4.90 Å². The quantitative estimate of drug-likeness (QED) is 0.888. The molecule has 1 atom stereocenters. The summed E-state index contributed by atoms with van der Waals surface area (Å²) >= 11 is 9.23. The van der Waals surface area contributed by atoms with E-state index in [0.717, 1.165) is 29.6 Å². The average molecular weight is 349 g/mol. The van der Waals surface area contributed by atoms with Crippen LogP contribution in [0.4, 0.5) is 0 Å². The Hall–Kier alpha value is -0.780. The molecular weight excluding hydrogens is 334 g/mol. The third-order valence-electron chi connectivity index (χ3n) is 3.18. The van der Waals surface area contributed by atoms with Crippen LogP contribution in [0, 0.1) is 0 Å². The predicted octanol–water partition coefficient (Wildman–Crippen LogP) is 3.03. The highest BCUT2D eigenvalue weighted by Gasteiger charge is 2.29. The molecule has 1 N–H and O–H groups in total. The van der Waals surface area contributed by atoms with Crippen molar-refractivity contribution in [2.75, 3.05) is 19.7 Å². The number of hydrogen-bond donors (Lipinski definition) is 1. The zero-order chi connectivity index (χ0) is 13.8. The Kier molecular flexibility index (Phi) is 5.07. The van der Waals surface area contributed by atoms with E-state index >= 15 is 0 Å². The van der Waals surface area contributed by atoms with Gasteiger partial charge in [0, 0.05) is 11.6 Å². The number of ether oxygens (including phenoxy) is 1. The number of benzene rings is 1. The number of nitrogens with zero attached hydrogens (tertiary/aromatic N) is 1. The summed E-state index contributed by atoms with van der Waals surface area (Å²) < 4.78 is 6.44. The summed E-state index contributed by atoms with van der Waals surface area (Å²) in [5, 5.41) is 9.71. The first-order valence-electron chi connectivity index (χ1n) is 6.12. The third kappa shape index (κ3) is 3.84. The summed E-state index contributed by atoms with van der Waals surface area (Å²) in [6.07, 6.45) is 1.65. The van der Waals surface area contributed by atoms with Gasteiger partial charge >= 0.3 is 5.97 Å². The van der Waals surface area contributed by atoms with Crippen molar-refractivity contribution in [3.63, 3.8) is 0 Å². The van der Waals surface area contributed by atoms with E-state index in [-0.39, 0.29) is 6.04 Å². The minimum Gasteiger partial charge on any atom is -0.491 e. The second-order valence-electron chi connectivity index (χ2n) is 4.46. The van der Waals surface area contributed by atoms with Crippen molar-refractivity contribution < 1.29 is 14.6 Å². The van der Waals surface area contributed by atoms with Gasteiger partial charge in [-0.3, -0.25) is 9.69 Å². The van der Waals surface area contributed by atoms with Gasteiger partial charge in [-0.15, -0.1) is 0 Å². The first-order valence-corrected chi connectivity index (χ1v) is 7.30. The van der Waals surface area contributed by atoms with Crippen LogP contribution in [-0.4, -0.2) is 41.7 Å². The summed E-state index contributed by atoms with van der Waals surface area (Å²) in [7, 11) is 0. The maximum absolute atomic E-state index is 11.0. The fourth-order valence-electron chi connectivity index (χ4n) is 2.24. The normalized spacial score (nSPS) is 19.6. The second-order valence-corrected chi connectivity index (χ2v) is 5.75. The van der Waals surface area contributed by atoms with Crippen LogP contribution in [-0.2, 0) is 4.79 Å². The lowest BCUT2D eigenvalue weighted by Gasteiger charge is -2.21. The number of hydrogen-bond acceptors (Lipinski definition) is 3. The Morgan fingerprint density at radius 3 is 3.05 bits per heavy atom. The van der Waals surface area contributed by atoms with Gasteiger partial charge in [-0.2, -0.15) is 0 Å². The molecule has 1 aliphatic rings. The minimum absolute atomic E-state index is 0.364. The lowest BCUT2D eigenvalue weighted by Crippen LogP contribution is -2.38. The van der Waals surface area contributed by atoms with Gasteiger partial charge in [-0.05, 0) is 53.5 Å². The van der Waals surface area contributed by atoms with Gasteiger partial charge in [-0.1, -0.05) is 11.6 Å². The molecule has 1 aliphatic heterocycles. The molecule has 104 valence electrons. The molecule has 0 bridgehead atoms. The fraction of sp³-hybridized carbons (Fsp3) is 0.462. The van der Waals surface area contributed by atoms with Crippen LogP contribution in [0.2, 0.25) is 5.02 Å². The molecule has 1 fully saturated rings. The zero-order valence-electron chi connectivity index (χ0n) is 10.3. The average Bonchev–Trinajstić information content (AvgIpc) is 2.80. The van der Waals surface area contributed by atoms with Gasteiger partial charge in [0.15, 0.2) is 0 Å². The van der Waals surface area contributed by atoms with Crippen LogP contribution in [0.15, 0.2) is 22.7 Å². The van der Waals surface area contributed by atoms with Crippen molar-refractivity contribution in [2.24, 2.45) is 0 Å².